The van der Waals surface area contributed by atoms with Crippen molar-refractivity contribution in [2.75, 3.05) is 12.0 Å². The summed E-state index contributed by atoms with van der Waals surface area (Å²) in [6.45, 7) is 3.65. The Morgan fingerprint density at radius 2 is 1.41 bits per heavy atom. The molecule has 4 amide bonds. The van der Waals surface area contributed by atoms with E-state index in [0.29, 0.717) is 12.2 Å². The van der Waals surface area contributed by atoms with Gasteiger partial charge >= 0.3 is 11.9 Å². The minimum absolute atomic E-state index is 0.142. The number of primary amides is 1. The minimum Gasteiger partial charge on any atom is -0.481 e. The second-order valence-corrected chi connectivity index (χ2v) is 8.80. The lowest BCUT2D eigenvalue weighted by Gasteiger charge is -2.25. The molecule has 0 aromatic heterocycles. The minimum atomic E-state index is -1.56. The highest BCUT2D eigenvalue weighted by Gasteiger charge is 2.31. The van der Waals surface area contributed by atoms with Crippen LogP contribution in [0.25, 0.3) is 0 Å². The number of nitrogens with two attached hydrogens (primary N) is 2. The summed E-state index contributed by atoms with van der Waals surface area (Å²) in [7, 11) is 0. The predicted octanol–water partition coefficient (Wildman–Crippen LogP) is -1.61. The van der Waals surface area contributed by atoms with Crippen LogP contribution >= 0.6 is 11.8 Å². The first kappa shape index (κ1) is 31.1. The molecular formula is C20H35N5O8S. The van der Waals surface area contributed by atoms with Gasteiger partial charge < -0.3 is 37.6 Å². The monoisotopic (exact) mass is 505 g/mol. The zero-order chi connectivity index (χ0) is 26.4. The van der Waals surface area contributed by atoms with Crippen molar-refractivity contribution in [3.63, 3.8) is 0 Å². The van der Waals surface area contributed by atoms with Crippen molar-refractivity contribution in [3.05, 3.63) is 0 Å². The lowest BCUT2D eigenvalue weighted by Crippen LogP contribution is -2.58. The van der Waals surface area contributed by atoms with E-state index in [1.807, 2.05) is 6.92 Å². The number of rotatable bonds is 17. The smallest absolute Gasteiger partial charge is 0.326 e. The molecule has 194 valence electrons. The largest absolute Gasteiger partial charge is 0.481 e. The van der Waals surface area contributed by atoms with Gasteiger partial charge in [0, 0.05) is 6.42 Å². The number of hydrogen-bond donors (Lipinski definition) is 7. The maximum Gasteiger partial charge on any atom is 0.326 e. The Bertz CT molecular complexity index is 750. The van der Waals surface area contributed by atoms with Gasteiger partial charge in [0.15, 0.2) is 0 Å². The number of carboxylic acid groups (broad SMARTS) is 2. The van der Waals surface area contributed by atoms with Gasteiger partial charge in [-0.25, -0.2) is 4.79 Å². The molecule has 0 bridgehead atoms. The van der Waals surface area contributed by atoms with Crippen LogP contribution in [0, 0.1) is 5.92 Å². The number of thioether (sulfide) groups is 1. The van der Waals surface area contributed by atoms with E-state index in [0.717, 1.165) is 0 Å². The molecule has 0 aliphatic carbocycles. The lowest BCUT2D eigenvalue weighted by molar-refractivity contribution is -0.143. The van der Waals surface area contributed by atoms with Gasteiger partial charge in [-0.2, -0.15) is 11.8 Å². The molecule has 0 aliphatic heterocycles. The van der Waals surface area contributed by atoms with Crippen LogP contribution in [-0.2, 0) is 28.8 Å². The summed E-state index contributed by atoms with van der Waals surface area (Å²) in [5.74, 6) is -5.70. The maximum atomic E-state index is 12.9. The van der Waals surface area contributed by atoms with E-state index < -0.39 is 79.0 Å². The van der Waals surface area contributed by atoms with Gasteiger partial charge in [0.2, 0.25) is 23.6 Å². The molecular weight excluding hydrogens is 470 g/mol. The summed E-state index contributed by atoms with van der Waals surface area (Å²) in [6, 6.07) is -5.02. The molecule has 0 spiro atoms. The van der Waals surface area contributed by atoms with E-state index in [1.165, 1.54) is 11.8 Å². The van der Waals surface area contributed by atoms with E-state index in [1.54, 1.807) is 13.2 Å². The van der Waals surface area contributed by atoms with Crippen molar-refractivity contribution in [2.24, 2.45) is 17.4 Å². The second kappa shape index (κ2) is 15.9. The Labute approximate surface area is 202 Å². The van der Waals surface area contributed by atoms with Crippen LogP contribution in [0.2, 0.25) is 0 Å². The first-order chi connectivity index (χ1) is 15.8. The van der Waals surface area contributed by atoms with Gasteiger partial charge in [-0.15, -0.1) is 0 Å². The number of amides is 4. The molecule has 13 nitrogen and oxygen atoms in total. The van der Waals surface area contributed by atoms with Crippen LogP contribution in [0.15, 0.2) is 0 Å². The highest BCUT2D eigenvalue weighted by Crippen LogP contribution is 2.08. The summed E-state index contributed by atoms with van der Waals surface area (Å²) in [6.07, 6.45) is 1.07. The normalized spacial score (nSPS) is 15.2. The van der Waals surface area contributed by atoms with E-state index >= 15 is 0 Å². The Morgan fingerprint density at radius 1 is 0.882 bits per heavy atom. The molecule has 0 rings (SSSR count). The van der Waals surface area contributed by atoms with Crippen LogP contribution in [0.4, 0.5) is 0 Å². The first-order valence-corrected chi connectivity index (χ1v) is 12.1. The summed E-state index contributed by atoms with van der Waals surface area (Å²) in [4.78, 5) is 71.5. The predicted molar refractivity (Wildman–Crippen MR) is 125 cm³/mol. The molecule has 5 unspecified atom stereocenters. The molecule has 0 aromatic rings. The fourth-order valence-electron chi connectivity index (χ4n) is 2.77. The van der Waals surface area contributed by atoms with Gasteiger partial charge in [0.05, 0.1) is 12.5 Å². The fourth-order valence-corrected chi connectivity index (χ4v) is 3.24. The lowest BCUT2D eigenvalue weighted by atomic mass is 9.99. The number of carboxylic acids is 2. The van der Waals surface area contributed by atoms with Crippen LogP contribution < -0.4 is 27.4 Å². The zero-order valence-corrected chi connectivity index (χ0v) is 20.4. The van der Waals surface area contributed by atoms with Crippen LogP contribution in [0.5, 0.6) is 0 Å². The molecule has 0 saturated heterocycles. The van der Waals surface area contributed by atoms with Crippen molar-refractivity contribution in [3.8, 4) is 0 Å². The average molecular weight is 506 g/mol. The van der Waals surface area contributed by atoms with Crippen LogP contribution in [-0.4, -0.2) is 82.0 Å². The highest BCUT2D eigenvalue weighted by atomic mass is 32.2. The fraction of sp³-hybridized carbons (Fsp3) is 0.700. The number of hydrogen-bond acceptors (Lipinski definition) is 8. The third-order valence-electron chi connectivity index (χ3n) is 5.10. The highest BCUT2D eigenvalue weighted by molar-refractivity contribution is 7.98. The molecule has 0 radical (unpaired) electrons. The Kier molecular flexibility index (Phi) is 14.5. The second-order valence-electron chi connectivity index (χ2n) is 7.82. The van der Waals surface area contributed by atoms with Crippen molar-refractivity contribution in [1.29, 1.82) is 0 Å². The van der Waals surface area contributed by atoms with Gasteiger partial charge in [0.25, 0.3) is 0 Å². The molecule has 0 heterocycles. The van der Waals surface area contributed by atoms with Crippen molar-refractivity contribution in [2.45, 2.75) is 70.1 Å². The van der Waals surface area contributed by atoms with Gasteiger partial charge in [-0.05, 0) is 30.8 Å². The topological polar surface area (TPSA) is 231 Å². The molecule has 0 aromatic carbocycles. The van der Waals surface area contributed by atoms with Crippen molar-refractivity contribution in [1.82, 2.24) is 16.0 Å². The van der Waals surface area contributed by atoms with Crippen molar-refractivity contribution < 1.29 is 39.0 Å². The van der Waals surface area contributed by atoms with Gasteiger partial charge in [0.1, 0.15) is 18.1 Å². The van der Waals surface area contributed by atoms with E-state index in [4.69, 9.17) is 16.6 Å². The first-order valence-electron chi connectivity index (χ1n) is 10.7. The van der Waals surface area contributed by atoms with Crippen LogP contribution in [0.3, 0.4) is 0 Å². The Morgan fingerprint density at radius 3 is 1.88 bits per heavy atom. The number of nitrogens with one attached hydrogen (secondary N) is 3. The van der Waals surface area contributed by atoms with Gasteiger partial charge in [-0.1, -0.05) is 20.3 Å². The van der Waals surface area contributed by atoms with Crippen molar-refractivity contribution >= 4 is 47.3 Å². The number of aliphatic carboxylic acids is 2. The quantitative estimate of drug-likeness (QED) is 0.119. The van der Waals surface area contributed by atoms with E-state index in [9.17, 15) is 33.9 Å². The SMILES string of the molecule is CCC(C)C(N)C(=O)NC(CCSC)C(=O)NC(CC(N)=O)C(=O)NC(CCC(=O)O)C(=O)O. The van der Waals surface area contributed by atoms with Crippen LogP contribution in [0.1, 0.15) is 46.0 Å². The maximum absolute atomic E-state index is 12.9. The molecule has 34 heavy (non-hydrogen) atoms. The summed E-state index contributed by atoms with van der Waals surface area (Å²) in [5, 5.41) is 25.0. The number of carbonyl (C=O) groups is 6. The number of carbonyl (C=O) groups excluding carboxylic acids is 4. The average Bonchev–Trinajstić information content (AvgIpc) is 2.76. The summed E-state index contributed by atoms with van der Waals surface area (Å²) < 4.78 is 0. The standard InChI is InChI=1S/C20H35N5O8S/c1-4-10(2)16(22)19(31)23-11(7-8-34-3)17(29)25-13(9-14(21)26)18(30)24-12(20(32)33)5-6-15(27)28/h10-13,16H,4-9,22H2,1-3H3,(H2,21,26)(H,23,31)(H,24,30)(H,25,29)(H,27,28)(H,32,33). The van der Waals surface area contributed by atoms with E-state index in [-0.39, 0.29) is 12.3 Å². The summed E-state index contributed by atoms with van der Waals surface area (Å²) in [5.41, 5.74) is 11.1. The molecule has 0 saturated carbocycles. The molecule has 0 aliphatic rings. The molecule has 5 atom stereocenters. The summed E-state index contributed by atoms with van der Waals surface area (Å²) >= 11 is 1.42. The molecule has 9 N–H and O–H groups in total. The third-order valence-corrected chi connectivity index (χ3v) is 5.75. The van der Waals surface area contributed by atoms with E-state index in [2.05, 4.69) is 16.0 Å². The third kappa shape index (κ3) is 11.8. The molecule has 0 fully saturated rings. The zero-order valence-electron chi connectivity index (χ0n) is 19.5. The Hall–Kier alpha value is -2.87. The molecule has 14 heteroatoms. The van der Waals surface area contributed by atoms with Gasteiger partial charge in [-0.3, -0.25) is 24.0 Å². The Balaban J connectivity index is 5.52.